The van der Waals surface area contributed by atoms with E-state index in [1.165, 1.54) is 24.8 Å². The molecule has 14 heavy (non-hydrogen) atoms. The lowest BCUT2D eigenvalue weighted by atomic mass is 9.81. The lowest BCUT2D eigenvalue weighted by molar-refractivity contribution is 0.417. The number of nitrogens with zero attached hydrogens (tertiary/aromatic N) is 3. The molecule has 2 aromatic rings. The highest BCUT2D eigenvalue weighted by atomic mass is 15.3. The van der Waals surface area contributed by atoms with Crippen LogP contribution in [-0.2, 0) is 0 Å². The van der Waals surface area contributed by atoms with E-state index < -0.39 is 0 Å². The van der Waals surface area contributed by atoms with Gasteiger partial charge >= 0.3 is 0 Å². The van der Waals surface area contributed by atoms with Gasteiger partial charge in [0.25, 0.3) is 0 Å². The monoisotopic (exact) mass is 188 g/mol. The summed E-state index contributed by atoms with van der Waals surface area (Å²) in [7, 11) is 0. The first-order chi connectivity index (χ1) is 6.83. The van der Waals surface area contributed by atoms with Crippen LogP contribution in [0.2, 0.25) is 0 Å². The molecule has 1 aliphatic carbocycles. The third-order valence-corrected chi connectivity index (χ3v) is 2.93. The quantitative estimate of drug-likeness (QED) is 0.739. The maximum absolute atomic E-state index is 5.59. The maximum Gasteiger partial charge on any atom is 0.157 e. The first kappa shape index (κ1) is 7.79. The molecule has 4 heteroatoms. The van der Waals surface area contributed by atoms with Crippen molar-refractivity contribution in [3.8, 4) is 0 Å². The number of rotatable bonds is 1. The molecule has 72 valence electrons. The average Bonchev–Trinajstić information content (AvgIpc) is 2.40. The molecule has 3 rings (SSSR count). The molecular weight excluding hydrogens is 176 g/mol. The first-order valence-corrected chi connectivity index (χ1v) is 4.94. The summed E-state index contributed by atoms with van der Waals surface area (Å²) in [5, 5.41) is 4.15. The third kappa shape index (κ3) is 1.07. The fourth-order valence-electron chi connectivity index (χ4n) is 1.86. The Morgan fingerprint density at radius 2 is 2.29 bits per heavy atom. The van der Waals surface area contributed by atoms with Gasteiger partial charge in [-0.05, 0) is 24.3 Å². The normalized spacial score (nSPS) is 17.1. The van der Waals surface area contributed by atoms with Crippen molar-refractivity contribution in [2.75, 3.05) is 5.73 Å². The zero-order valence-corrected chi connectivity index (χ0v) is 7.85. The van der Waals surface area contributed by atoms with Crippen LogP contribution in [0.1, 0.15) is 30.7 Å². The summed E-state index contributed by atoms with van der Waals surface area (Å²) in [6.07, 6.45) is 7.89. The van der Waals surface area contributed by atoms with Crippen molar-refractivity contribution in [2.24, 2.45) is 0 Å². The maximum atomic E-state index is 5.59. The fourth-order valence-corrected chi connectivity index (χ4v) is 1.86. The molecule has 4 nitrogen and oxygen atoms in total. The minimum Gasteiger partial charge on any atom is -0.382 e. The number of anilines is 1. The summed E-state index contributed by atoms with van der Waals surface area (Å²) in [4.78, 5) is 4.33. The van der Waals surface area contributed by atoms with E-state index in [9.17, 15) is 0 Å². The van der Waals surface area contributed by atoms with Crippen LogP contribution in [0, 0.1) is 0 Å². The van der Waals surface area contributed by atoms with Crippen molar-refractivity contribution in [3.63, 3.8) is 0 Å². The summed E-state index contributed by atoms with van der Waals surface area (Å²) in [6, 6.07) is 1.78. The van der Waals surface area contributed by atoms with Crippen molar-refractivity contribution in [1.82, 2.24) is 14.6 Å². The number of nitrogen functional groups attached to an aromatic ring is 1. The van der Waals surface area contributed by atoms with Crippen LogP contribution in [0.4, 0.5) is 5.82 Å². The van der Waals surface area contributed by atoms with Gasteiger partial charge in [0.05, 0.1) is 0 Å². The Morgan fingerprint density at radius 1 is 1.43 bits per heavy atom. The lowest BCUT2D eigenvalue weighted by Crippen LogP contribution is -2.10. The van der Waals surface area contributed by atoms with E-state index in [0.29, 0.717) is 11.7 Å². The summed E-state index contributed by atoms with van der Waals surface area (Å²) >= 11 is 0. The van der Waals surface area contributed by atoms with E-state index in [-0.39, 0.29) is 0 Å². The Bertz CT molecular complexity index is 470. The van der Waals surface area contributed by atoms with E-state index in [1.807, 2.05) is 12.4 Å². The molecule has 0 aliphatic heterocycles. The Hall–Kier alpha value is -1.58. The van der Waals surface area contributed by atoms with Crippen molar-refractivity contribution < 1.29 is 0 Å². The molecule has 2 N–H and O–H groups in total. The number of nitrogens with two attached hydrogens (primary N) is 1. The fraction of sp³-hybridized carbons (Fsp3) is 0.400. The molecule has 0 unspecified atom stereocenters. The Labute approximate surface area is 81.8 Å². The molecule has 1 aliphatic rings. The molecule has 0 amide bonds. The van der Waals surface area contributed by atoms with Gasteiger partial charge in [0.2, 0.25) is 0 Å². The van der Waals surface area contributed by atoms with Crippen LogP contribution in [0.3, 0.4) is 0 Å². The highest BCUT2D eigenvalue weighted by Crippen LogP contribution is 2.35. The second kappa shape index (κ2) is 2.70. The third-order valence-electron chi connectivity index (χ3n) is 2.93. The Kier molecular flexibility index (Phi) is 1.50. The van der Waals surface area contributed by atoms with Crippen LogP contribution in [0.25, 0.3) is 5.65 Å². The standard InChI is InChI=1S/C10H12N4/c11-9-4-10-12-5-8(6-14(10)13-9)7-2-1-3-7/h4-7H,1-3H2,(H2,11,13). The van der Waals surface area contributed by atoms with Crippen molar-refractivity contribution in [1.29, 1.82) is 0 Å². The lowest BCUT2D eigenvalue weighted by Gasteiger charge is -2.25. The second-order valence-electron chi connectivity index (χ2n) is 3.89. The molecule has 2 aromatic heterocycles. The van der Waals surface area contributed by atoms with E-state index in [2.05, 4.69) is 10.1 Å². The van der Waals surface area contributed by atoms with E-state index in [4.69, 9.17) is 5.73 Å². The molecule has 0 aromatic carbocycles. The van der Waals surface area contributed by atoms with Gasteiger partial charge in [0.15, 0.2) is 5.65 Å². The number of fused-ring (bicyclic) bond motifs is 1. The van der Waals surface area contributed by atoms with Crippen molar-refractivity contribution in [2.45, 2.75) is 25.2 Å². The van der Waals surface area contributed by atoms with Crippen molar-refractivity contribution >= 4 is 11.5 Å². The van der Waals surface area contributed by atoms with Gasteiger partial charge in [-0.1, -0.05) is 6.42 Å². The Morgan fingerprint density at radius 3 is 3.00 bits per heavy atom. The molecule has 2 heterocycles. The number of hydrogen-bond donors (Lipinski definition) is 1. The molecular formula is C10H12N4. The van der Waals surface area contributed by atoms with Crippen molar-refractivity contribution in [3.05, 3.63) is 24.0 Å². The molecule has 0 spiro atoms. The van der Waals surface area contributed by atoms with Gasteiger partial charge in [0.1, 0.15) is 5.82 Å². The molecule has 1 saturated carbocycles. The van der Waals surface area contributed by atoms with E-state index in [0.717, 1.165) is 5.65 Å². The van der Waals surface area contributed by atoms with Gasteiger partial charge in [-0.25, -0.2) is 9.50 Å². The van der Waals surface area contributed by atoms with Crippen LogP contribution in [-0.4, -0.2) is 14.6 Å². The summed E-state index contributed by atoms with van der Waals surface area (Å²) in [5.74, 6) is 1.22. The second-order valence-corrected chi connectivity index (χ2v) is 3.89. The van der Waals surface area contributed by atoms with Crippen LogP contribution >= 0.6 is 0 Å². The topological polar surface area (TPSA) is 56.2 Å². The predicted octanol–water partition coefficient (Wildman–Crippen LogP) is 1.58. The molecule has 1 fully saturated rings. The minimum atomic E-state index is 0.531. The van der Waals surface area contributed by atoms with E-state index in [1.54, 1.807) is 10.6 Å². The highest BCUT2D eigenvalue weighted by Gasteiger charge is 2.20. The molecule has 0 radical (unpaired) electrons. The smallest absolute Gasteiger partial charge is 0.157 e. The zero-order chi connectivity index (χ0) is 9.54. The largest absolute Gasteiger partial charge is 0.382 e. The predicted molar refractivity (Wildman–Crippen MR) is 54.0 cm³/mol. The van der Waals surface area contributed by atoms with Crippen LogP contribution < -0.4 is 5.73 Å². The average molecular weight is 188 g/mol. The molecule has 0 atom stereocenters. The van der Waals surface area contributed by atoms with E-state index >= 15 is 0 Å². The molecule has 0 bridgehead atoms. The SMILES string of the molecule is Nc1cc2ncc(C3CCC3)cn2n1. The first-order valence-electron chi connectivity index (χ1n) is 4.94. The van der Waals surface area contributed by atoms with Gasteiger partial charge < -0.3 is 5.73 Å². The highest BCUT2D eigenvalue weighted by molar-refractivity contribution is 5.47. The van der Waals surface area contributed by atoms with Crippen LogP contribution in [0.15, 0.2) is 18.5 Å². The van der Waals surface area contributed by atoms with Gasteiger partial charge in [-0.2, -0.15) is 0 Å². The minimum absolute atomic E-state index is 0.531. The summed E-state index contributed by atoms with van der Waals surface area (Å²) in [6.45, 7) is 0. The Balaban J connectivity index is 2.09. The summed E-state index contributed by atoms with van der Waals surface area (Å²) in [5.41, 5.74) is 7.70. The van der Waals surface area contributed by atoms with Crippen LogP contribution in [0.5, 0.6) is 0 Å². The van der Waals surface area contributed by atoms with Gasteiger partial charge in [0, 0.05) is 18.5 Å². The zero-order valence-electron chi connectivity index (χ0n) is 7.85. The summed E-state index contributed by atoms with van der Waals surface area (Å²) < 4.78 is 1.77. The van der Waals surface area contributed by atoms with Gasteiger partial charge in [-0.3, -0.25) is 0 Å². The van der Waals surface area contributed by atoms with Gasteiger partial charge in [-0.15, -0.1) is 5.10 Å². The number of hydrogen-bond acceptors (Lipinski definition) is 3. The number of aromatic nitrogens is 3. The molecule has 0 saturated heterocycles.